The first kappa shape index (κ1) is 16.5. The van der Waals surface area contributed by atoms with Crippen molar-refractivity contribution in [3.8, 4) is 0 Å². The number of amides is 2. The molecule has 7 nitrogen and oxygen atoms in total. The van der Waals surface area contributed by atoms with E-state index in [9.17, 15) is 13.2 Å². The molecule has 0 saturated carbocycles. The largest absolute Gasteiger partial charge is 0.334 e. The molecule has 2 aromatic rings. The van der Waals surface area contributed by atoms with Crippen LogP contribution in [0, 0.1) is 0 Å². The van der Waals surface area contributed by atoms with Crippen molar-refractivity contribution in [3.05, 3.63) is 53.9 Å². The normalized spacial score (nSPS) is 19.1. The van der Waals surface area contributed by atoms with Crippen LogP contribution < -0.4 is 10.6 Å². The summed E-state index contributed by atoms with van der Waals surface area (Å²) in [7, 11) is -3.00. The minimum atomic E-state index is -3.00. The van der Waals surface area contributed by atoms with E-state index in [0.29, 0.717) is 19.5 Å². The molecule has 0 radical (unpaired) electrons. The number of carbonyl (C=O) groups excluding carboxylic acids is 1. The van der Waals surface area contributed by atoms with Gasteiger partial charge in [0.25, 0.3) is 0 Å². The fourth-order valence-electron chi connectivity index (χ4n) is 2.77. The Morgan fingerprint density at radius 1 is 1.25 bits per heavy atom. The van der Waals surface area contributed by atoms with E-state index in [2.05, 4.69) is 15.7 Å². The van der Waals surface area contributed by atoms with Crippen LogP contribution >= 0.6 is 0 Å². The maximum atomic E-state index is 12.0. The van der Waals surface area contributed by atoms with Crippen molar-refractivity contribution in [2.24, 2.45) is 0 Å². The van der Waals surface area contributed by atoms with Crippen LogP contribution in [-0.2, 0) is 22.9 Å². The summed E-state index contributed by atoms with van der Waals surface area (Å²) in [6, 6.07) is 9.06. The van der Waals surface area contributed by atoms with Crippen molar-refractivity contribution in [1.29, 1.82) is 0 Å². The van der Waals surface area contributed by atoms with Gasteiger partial charge in [0, 0.05) is 25.0 Å². The number of rotatable bonds is 5. The highest BCUT2D eigenvalue weighted by molar-refractivity contribution is 7.91. The fraction of sp³-hybridized carbons (Fsp3) is 0.375. The van der Waals surface area contributed by atoms with Gasteiger partial charge in [-0.15, -0.1) is 0 Å². The lowest BCUT2D eigenvalue weighted by molar-refractivity contribution is 0.237. The summed E-state index contributed by atoms with van der Waals surface area (Å²) in [5, 5.41) is 9.71. The Labute approximate surface area is 141 Å². The van der Waals surface area contributed by atoms with Crippen molar-refractivity contribution < 1.29 is 13.2 Å². The van der Waals surface area contributed by atoms with Gasteiger partial charge in [-0.2, -0.15) is 5.10 Å². The zero-order valence-electron chi connectivity index (χ0n) is 13.2. The molecular formula is C16H20N4O3S. The van der Waals surface area contributed by atoms with Crippen molar-refractivity contribution >= 4 is 15.9 Å². The van der Waals surface area contributed by atoms with Crippen LogP contribution in [0.5, 0.6) is 0 Å². The van der Waals surface area contributed by atoms with Crippen molar-refractivity contribution in [3.63, 3.8) is 0 Å². The second-order valence-corrected chi connectivity index (χ2v) is 8.13. The number of nitrogens with zero attached hydrogens (tertiary/aromatic N) is 2. The molecule has 0 unspecified atom stereocenters. The van der Waals surface area contributed by atoms with Crippen LogP contribution in [0.25, 0.3) is 0 Å². The maximum Gasteiger partial charge on any atom is 0.315 e. The molecule has 1 atom stereocenters. The number of nitrogens with one attached hydrogen (secondary N) is 2. The van der Waals surface area contributed by atoms with Crippen LogP contribution in [0.4, 0.5) is 4.79 Å². The third-order valence-corrected chi connectivity index (χ3v) is 5.78. The van der Waals surface area contributed by atoms with Crippen LogP contribution in [0.2, 0.25) is 0 Å². The lowest BCUT2D eigenvalue weighted by Gasteiger charge is -2.14. The molecule has 2 heterocycles. The van der Waals surface area contributed by atoms with Gasteiger partial charge in [-0.05, 0) is 23.6 Å². The molecule has 0 aliphatic carbocycles. The minimum Gasteiger partial charge on any atom is -0.334 e. The van der Waals surface area contributed by atoms with Gasteiger partial charge in [-0.25, -0.2) is 13.2 Å². The Balaban J connectivity index is 1.55. The van der Waals surface area contributed by atoms with Gasteiger partial charge < -0.3 is 10.6 Å². The first-order chi connectivity index (χ1) is 11.5. The molecule has 1 aromatic carbocycles. The standard InChI is InChI=1S/C16H20N4O3S/c21-16(19-15-6-9-24(22,23)12-15)17-10-13-4-1-2-5-14(13)11-20-8-3-7-18-20/h1-5,7-8,15H,6,9-12H2,(H2,17,19,21)/t15-/m1/s1. The Morgan fingerprint density at radius 3 is 2.71 bits per heavy atom. The summed E-state index contributed by atoms with van der Waals surface area (Å²) >= 11 is 0. The molecule has 1 aliphatic heterocycles. The van der Waals surface area contributed by atoms with E-state index >= 15 is 0 Å². The van der Waals surface area contributed by atoms with Crippen molar-refractivity contribution in [2.75, 3.05) is 11.5 Å². The second-order valence-electron chi connectivity index (χ2n) is 5.90. The quantitative estimate of drug-likeness (QED) is 0.840. The van der Waals surface area contributed by atoms with Gasteiger partial charge in [0.2, 0.25) is 0 Å². The topological polar surface area (TPSA) is 93.1 Å². The number of carbonyl (C=O) groups is 1. The lowest BCUT2D eigenvalue weighted by Crippen LogP contribution is -2.42. The Bertz CT molecular complexity index is 802. The van der Waals surface area contributed by atoms with E-state index in [-0.39, 0.29) is 23.6 Å². The first-order valence-corrected chi connectivity index (χ1v) is 9.63. The molecule has 1 fully saturated rings. The average Bonchev–Trinajstić information content (AvgIpc) is 3.16. The van der Waals surface area contributed by atoms with Crippen LogP contribution in [0.1, 0.15) is 17.5 Å². The van der Waals surface area contributed by atoms with E-state index in [4.69, 9.17) is 0 Å². The van der Waals surface area contributed by atoms with Gasteiger partial charge in [-0.1, -0.05) is 24.3 Å². The average molecular weight is 348 g/mol. The Hall–Kier alpha value is -2.35. The van der Waals surface area contributed by atoms with E-state index in [1.54, 1.807) is 6.20 Å². The fourth-order valence-corrected chi connectivity index (χ4v) is 4.45. The van der Waals surface area contributed by atoms with E-state index < -0.39 is 9.84 Å². The number of urea groups is 1. The SMILES string of the molecule is O=C(NCc1ccccc1Cn1cccn1)N[C@@H]1CCS(=O)(=O)C1. The molecule has 1 saturated heterocycles. The molecule has 3 rings (SSSR count). The molecule has 2 N–H and O–H groups in total. The van der Waals surface area contributed by atoms with E-state index in [0.717, 1.165) is 11.1 Å². The van der Waals surface area contributed by atoms with Crippen LogP contribution in [-0.4, -0.2) is 41.8 Å². The predicted molar refractivity (Wildman–Crippen MR) is 90.2 cm³/mol. The summed E-state index contributed by atoms with van der Waals surface area (Å²) in [6.45, 7) is 1.01. The van der Waals surface area contributed by atoms with Gasteiger partial charge in [-0.3, -0.25) is 4.68 Å². The molecule has 2 amide bonds. The van der Waals surface area contributed by atoms with Gasteiger partial charge in [0.05, 0.1) is 18.1 Å². The van der Waals surface area contributed by atoms with Gasteiger partial charge in [0.1, 0.15) is 0 Å². The van der Waals surface area contributed by atoms with Gasteiger partial charge in [0.15, 0.2) is 9.84 Å². The van der Waals surface area contributed by atoms with E-state index in [1.807, 2.05) is 41.2 Å². The van der Waals surface area contributed by atoms with E-state index in [1.165, 1.54) is 0 Å². The minimum absolute atomic E-state index is 0.0241. The van der Waals surface area contributed by atoms with Crippen LogP contribution in [0.15, 0.2) is 42.7 Å². The second kappa shape index (κ2) is 7.04. The Kier molecular flexibility index (Phi) is 4.84. The lowest BCUT2D eigenvalue weighted by atomic mass is 10.1. The Morgan fingerprint density at radius 2 is 2.04 bits per heavy atom. The third-order valence-electron chi connectivity index (χ3n) is 4.02. The van der Waals surface area contributed by atoms with Gasteiger partial charge >= 0.3 is 6.03 Å². The molecule has 0 spiro atoms. The summed E-state index contributed by atoms with van der Waals surface area (Å²) in [5.74, 6) is 0.168. The number of hydrogen-bond acceptors (Lipinski definition) is 4. The monoisotopic (exact) mass is 348 g/mol. The predicted octanol–water partition coefficient (Wildman–Crippen LogP) is 0.918. The number of benzene rings is 1. The summed E-state index contributed by atoms with van der Waals surface area (Å²) in [5.41, 5.74) is 2.08. The molecular weight excluding hydrogens is 328 g/mol. The zero-order valence-corrected chi connectivity index (χ0v) is 14.0. The highest BCUT2D eigenvalue weighted by atomic mass is 32.2. The molecule has 1 aromatic heterocycles. The first-order valence-electron chi connectivity index (χ1n) is 7.81. The maximum absolute atomic E-state index is 12.0. The summed E-state index contributed by atoms with van der Waals surface area (Å²) < 4.78 is 24.7. The highest BCUT2D eigenvalue weighted by Crippen LogP contribution is 2.12. The molecule has 0 bridgehead atoms. The highest BCUT2D eigenvalue weighted by Gasteiger charge is 2.28. The summed E-state index contributed by atoms with van der Waals surface area (Å²) in [6.07, 6.45) is 4.09. The summed E-state index contributed by atoms with van der Waals surface area (Å²) in [4.78, 5) is 12.0. The smallest absolute Gasteiger partial charge is 0.315 e. The number of hydrogen-bond donors (Lipinski definition) is 2. The van der Waals surface area contributed by atoms with Crippen LogP contribution in [0.3, 0.4) is 0 Å². The number of aromatic nitrogens is 2. The molecule has 128 valence electrons. The number of sulfone groups is 1. The molecule has 8 heteroatoms. The third kappa shape index (κ3) is 4.35. The van der Waals surface area contributed by atoms with Crippen molar-refractivity contribution in [1.82, 2.24) is 20.4 Å². The zero-order chi connectivity index (χ0) is 17.0. The molecule has 1 aliphatic rings. The van der Waals surface area contributed by atoms with Crippen molar-refractivity contribution in [2.45, 2.75) is 25.6 Å². The molecule has 24 heavy (non-hydrogen) atoms.